The summed E-state index contributed by atoms with van der Waals surface area (Å²) in [6, 6.07) is 13.9. The number of sulfonamides is 1. The van der Waals surface area contributed by atoms with Crippen molar-refractivity contribution in [3.05, 3.63) is 59.7 Å². The maximum atomic E-state index is 13.7. The summed E-state index contributed by atoms with van der Waals surface area (Å²) in [4.78, 5) is 15.2. The Hall–Kier alpha value is -2.47. The molecule has 0 radical (unpaired) electrons. The number of benzene rings is 2. The van der Waals surface area contributed by atoms with Crippen molar-refractivity contribution >= 4 is 15.9 Å². The van der Waals surface area contributed by atoms with E-state index in [1.54, 1.807) is 26.0 Å². The summed E-state index contributed by atoms with van der Waals surface area (Å²) in [5.74, 6) is -2.75. The lowest BCUT2D eigenvalue weighted by atomic mass is 9.94. The molecule has 0 unspecified atom stereocenters. The van der Waals surface area contributed by atoms with Gasteiger partial charge in [0.25, 0.3) is 5.91 Å². The first-order valence-electron chi connectivity index (χ1n) is 11.6. The minimum Gasteiger partial charge on any atom is -0.394 e. The number of carbonyl (C=O) groups excluding carboxylic acids is 1. The van der Waals surface area contributed by atoms with Crippen molar-refractivity contribution in [3.63, 3.8) is 0 Å². The highest BCUT2D eigenvalue weighted by Crippen LogP contribution is 2.31. The van der Waals surface area contributed by atoms with Gasteiger partial charge in [0.05, 0.1) is 25.4 Å². The second-order valence-electron chi connectivity index (χ2n) is 9.17. The fourth-order valence-electron chi connectivity index (χ4n) is 4.24. The lowest BCUT2D eigenvalue weighted by molar-refractivity contribution is -0.107. The van der Waals surface area contributed by atoms with E-state index >= 15 is 0 Å². The van der Waals surface area contributed by atoms with Gasteiger partial charge in [0.1, 0.15) is 0 Å². The van der Waals surface area contributed by atoms with Gasteiger partial charge < -0.3 is 14.7 Å². The number of fused-ring (bicyclic) bond motifs is 3. The zero-order valence-corrected chi connectivity index (χ0v) is 21.2. The number of ether oxygens (including phenoxy) is 1. The Balaban J connectivity index is 2.04. The van der Waals surface area contributed by atoms with Crippen molar-refractivity contribution in [1.82, 2.24) is 9.21 Å². The number of halogens is 3. The molecule has 7 nitrogen and oxygen atoms in total. The number of amides is 1. The molecule has 1 aliphatic rings. The number of rotatable bonds is 6. The van der Waals surface area contributed by atoms with Crippen LogP contribution in [0.3, 0.4) is 0 Å². The SMILES string of the molecule is C[C@H](CO)N1C[C@H](C)[C@H](CN(C)S(=O)(=O)CC(F)(F)F)OCc2ccccc2-c2ccccc2C1=O. The Bertz CT molecular complexity index is 1170. The van der Waals surface area contributed by atoms with E-state index in [0.717, 1.165) is 18.2 Å². The van der Waals surface area contributed by atoms with Crippen LogP contribution in [0.1, 0.15) is 29.8 Å². The third-order valence-corrected chi connectivity index (χ3v) is 8.14. The van der Waals surface area contributed by atoms with E-state index in [9.17, 15) is 31.5 Å². The van der Waals surface area contributed by atoms with Crippen molar-refractivity contribution in [2.24, 2.45) is 5.92 Å². The molecule has 3 rings (SSSR count). The average Bonchev–Trinajstić information content (AvgIpc) is 2.83. The van der Waals surface area contributed by atoms with E-state index in [1.807, 2.05) is 36.4 Å². The summed E-state index contributed by atoms with van der Waals surface area (Å²) < 4.78 is 70.0. The molecule has 0 saturated carbocycles. The molecule has 0 spiro atoms. The van der Waals surface area contributed by atoms with Gasteiger partial charge in [-0.05, 0) is 29.7 Å². The highest BCUT2D eigenvalue weighted by molar-refractivity contribution is 7.89. The van der Waals surface area contributed by atoms with E-state index < -0.39 is 40.0 Å². The van der Waals surface area contributed by atoms with Gasteiger partial charge in [0.2, 0.25) is 10.0 Å². The molecule has 0 aliphatic carbocycles. The van der Waals surface area contributed by atoms with Gasteiger partial charge in [-0.25, -0.2) is 12.7 Å². The number of hydrogen-bond donors (Lipinski definition) is 1. The summed E-state index contributed by atoms with van der Waals surface area (Å²) in [7, 11) is -3.54. The van der Waals surface area contributed by atoms with Gasteiger partial charge in [0.15, 0.2) is 5.75 Å². The molecule has 1 aliphatic heterocycles. The monoisotopic (exact) mass is 528 g/mol. The average molecular weight is 529 g/mol. The Morgan fingerprint density at radius 2 is 1.69 bits per heavy atom. The first-order chi connectivity index (χ1) is 16.8. The summed E-state index contributed by atoms with van der Waals surface area (Å²) >= 11 is 0. The summed E-state index contributed by atoms with van der Waals surface area (Å²) in [5.41, 5.74) is 2.64. The molecule has 198 valence electrons. The normalized spacial score (nSPS) is 20.4. The molecule has 2 aromatic rings. The molecule has 0 fully saturated rings. The molecule has 1 heterocycles. The van der Waals surface area contributed by atoms with Crippen LogP contribution in [0, 0.1) is 5.92 Å². The van der Waals surface area contributed by atoms with Crippen molar-refractivity contribution < 1.29 is 36.2 Å². The van der Waals surface area contributed by atoms with Crippen LogP contribution in [0.25, 0.3) is 11.1 Å². The molecule has 1 N–H and O–H groups in total. The first kappa shape index (κ1) is 28.1. The fraction of sp³-hybridized carbons (Fsp3) is 0.480. The Morgan fingerprint density at radius 3 is 2.31 bits per heavy atom. The fourth-order valence-corrected chi connectivity index (χ4v) is 5.24. The maximum Gasteiger partial charge on any atom is 0.404 e. The van der Waals surface area contributed by atoms with Crippen LogP contribution < -0.4 is 0 Å². The van der Waals surface area contributed by atoms with Crippen LogP contribution in [0.4, 0.5) is 13.2 Å². The molecule has 11 heteroatoms. The number of nitrogens with zero attached hydrogens (tertiary/aromatic N) is 2. The Labute approximate surface area is 209 Å². The lowest BCUT2D eigenvalue weighted by Gasteiger charge is -2.35. The van der Waals surface area contributed by atoms with Gasteiger partial charge in [-0.15, -0.1) is 0 Å². The molecule has 2 aromatic carbocycles. The second-order valence-corrected chi connectivity index (χ2v) is 11.2. The van der Waals surface area contributed by atoms with Crippen molar-refractivity contribution in [2.45, 2.75) is 38.8 Å². The van der Waals surface area contributed by atoms with Crippen molar-refractivity contribution in [2.75, 3.05) is 32.5 Å². The third-order valence-electron chi connectivity index (χ3n) is 6.35. The molecule has 0 saturated heterocycles. The zero-order chi connectivity index (χ0) is 26.7. The maximum absolute atomic E-state index is 13.7. The topological polar surface area (TPSA) is 87.2 Å². The Kier molecular flexibility index (Phi) is 8.81. The number of aliphatic hydroxyl groups is 1. The Morgan fingerprint density at radius 1 is 1.11 bits per heavy atom. The summed E-state index contributed by atoms with van der Waals surface area (Å²) in [6.45, 7) is 2.97. The molecule has 1 amide bonds. The molecular formula is C25H31F3N2O5S. The van der Waals surface area contributed by atoms with Crippen LogP contribution >= 0.6 is 0 Å². The van der Waals surface area contributed by atoms with Gasteiger partial charge in [-0.2, -0.15) is 13.2 Å². The molecule has 0 aromatic heterocycles. The van der Waals surface area contributed by atoms with Gasteiger partial charge in [0, 0.05) is 31.6 Å². The standard InChI is InChI=1S/C25H31F3N2O5S/c1-17-12-30(18(2)14-31)24(32)22-11-7-6-10-21(22)20-9-5-4-8-19(20)15-35-23(17)13-29(3)36(33,34)16-25(26,27)28/h4-11,17-18,23,31H,12-16H2,1-3H3/t17-,18+,23-/m0/s1. The quantitative estimate of drug-likeness (QED) is 0.620. The van der Waals surface area contributed by atoms with Gasteiger partial charge in [-0.3, -0.25) is 4.79 Å². The second kappa shape index (κ2) is 11.3. The highest BCUT2D eigenvalue weighted by atomic mass is 32.2. The van der Waals surface area contributed by atoms with Crippen LogP contribution in [0.5, 0.6) is 0 Å². The summed E-state index contributed by atoms with van der Waals surface area (Å²) in [5, 5.41) is 9.85. The first-order valence-corrected chi connectivity index (χ1v) is 13.2. The largest absolute Gasteiger partial charge is 0.404 e. The van der Waals surface area contributed by atoms with E-state index in [1.165, 1.54) is 4.90 Å². The van der Waals surface area contributed by atoms with E-state index in [-0.39, 0.29) is 32.2 Å². The van der Waals surface area contributed by atoms with Crippen LogP contribution in [0.15, 0.2) is 48.5 Å². The molecule has 3 atom stereocenters. The number of hydrogen-bond acceptors (Lipinski definition) is 5. The van der Waals surface area contributed by atoms with Crippen LogP contribution in [-0.2, 0) is 21.4 Å². The van der Waals surface area contributed by atoms with Crippen LogP contribution in [0.2, 0.25) is 0 Å². The van der Waals surface area contributed by atoms with E-state index in [4.69, 9.17) is 4.74 Å². The number of likely N-dealkylation sites (N-methyl/N-ethyl adjacent to an activating group) is 1. The summed E-state index contributed by atoms with van der Waals surface area (Å²) in [6.07, 6.45) is -5.70. The van der Waals surface area contributed by atoms with Crippen molar-refractivity contribution in [1.29, 1.82) is 0 Å². The van der Waals surface area contributed by atoms with E-state index in [2.05, 4.69) is 0 Å². The smallest absolute Gasteiger partial charge is 0.394 e. The van der Waals surface area contributed by atoms with Gasteiger partial charge >= 0.3 is 6.18 Å². The minimum atomic E-state index is -4.88. The molecule has 36 heavy (non-hydrogen) atoms. The molecular weight excluding hydrogens is 497 g/mol. The predicted octanol–water partition coefficient (Wildman–Crippen LogP) is 3.54. The minimum absolute atomic E-state index is 0.0659. The number of aliphatic hydroxyl groups excluding tert-OH is 1. The predicted molar refractivity (Wildman–Crippen MR) is 130 cm³/mol. The van der Waals surface area contributed by atoms with E-state index in [0.29, 0.717) is 15.4 Å². The van der Waals surface area contributed by atoms with Crippen molar-refractivity contribution in [3.8, 4) is 11.1 Å². The van der Waals surface area contributed by atoms with Crippen LogP contribution in [-0.4, -0.2) is 79.5 Å². The zero-order valence-electron chi connectivity index (χ0n) is 20.4. The highest BCUT2D eigenvalue weighted by Gasteiger charge is 2.39. The van der Waals surface area contributed by atoms with Gasteiger partial charge in [-0.1, -0.05) is 49.4 Å². The molecule has 0 bridgehead atoms. The third kappa shape index (κ3) is 6.64. The number of alkyl halides is 3. The number of carbonyl (C=O) groups is 1. The lowest BCUT2D eigenvalue weighted by Crippen LogP contribution is -2.48.